The van der Waals surface area contributed by atoms with Gasteiger partial charge in [0.15, 0.2) is 11.6 Å². The van der Waals surface area contributed by atoms with E-state index >= 15 is 0 Å². The van der Waals surface area contributed by atoms with Gasteiger partial charge >= 0.3 is 0 Å². The highest BCUT2D eigenvalue weighted by Gasteiger charge is 2.09. The highest BCUT2D eigenvalue weighted by atomic mass is 19.2. The molecule has 0 aliphatic heterocycles. The molecule has 0 saturated heterocycles. The first-order chi connectivity index (χ1) is 8.16. The van der Waals surface area contributed by atoms with Gasteiger partial charge in [-0.15, -0.1) is 0 Å². The van der Waals surface area contributed by atoms with Gasteiger partial charge in [-0.1, -0.05) is 5.16 Å². The molecule has 1 heterocycles. The molecular weight excluding hydrogens is 233 g/mol. The Labute approximate surface area is 95.2 Å². The van der Waals surface area contributed by atoms with Crippen molar-refractivity contribution in [2.24, 2.45) is 0 Å². The molecule has 2 rings (SSSR count). The molecule has 0 amide bonds. The second kappa shape index (κ2) is 5.01. The molecule has 3 nitrogen and oxygen atoms in total. The van der Waals surface area contributed by atoms with Gasteiger partial charge in [-0.25, -0.2) is 13.2 Å². The van der Waals surface area contributed by atoms with Crippen molar-refractivity contribution >= 4 is 0 Å². The van der Waals surface area contributed by atoms with Gasteiger partial charge in [0.25, 0.3) is 0 Å². The Hall–Kier alpha value is -1.82. The number of hydrogen-bond donors (Lipinski definition) is 1. The van der Waals surface area contributed by atoms with E-state index in [1.165, 1.54) is 6.20 Å². The number of halogens is 3. The second-order valence-corrected chi connectivity index (χ2v) is 3.44. The molecule has 17 heavy (non-hydrogen) atoms. The molecule has 0 aliphatic carbocycles. The Morgan fingerprint density at radius 1 is 1.06 bits per heavy atom. The van der Waals surface area contributed by atoms with E-state index in [4.69, 9.17) is 4.52 Å². The minimum absolute atomic E-state index is 0.0587. The molecule has 1 aromatic carbocycles. The molecule has 0 fully saturated rings. The van der Waals surface area contributed by atoms with Gasteiger partial charge < -0.3 is 9.84 Å². The highest BCUT2D eigenvalue weighted by molar-refractivity contribution is 5.19. The Balaban J connectivity index is 1.97. The molecule has 0 saturated carbocycles. The Morgan fingerprint density at radius 3 is 2.53 bits per heavy atom. The summed E-state index contributed by atoms with van der Waals surface area (Å²) in [7, 11) is 0. The maximum Gasteiger partial charge on any atom is 0.161 e. The topological polar surface area (TPSA) is 38.1 Å². The van der Waals surface area contributed by atoms with Gasteiger partial charge in [-0.05, 0) is 6.07 Å². The molecule has 0 spiro atoms. The molecule has 0 atom stereocenters. The first-order valence-corrected chi connectivity index (χ1v) is 4.90. The molecule has 2 aromatic rings. The number of hydrogen-bond acceptors (Lipinski definition) is 3. The normalized spacial score (nSPS) is 10.8. The van der Waals surface area contributed by atoms with E-state index in [0.717, 1.165) is 6.07 Å². The Bertz CT molecular complexity index is 500. The number of aromatic nitrogens is 1. The van der Waals surface area contributed by atoms with E-state index in [1.807, 2.05) is 0 Å². The molecule has 6 heteroatoms. The smallest absolute Gasteiger partial charge is 0.161 e. The van der Waals surface area contributed by atoms with Crippen LogP contribution in [0.3, 0.4) is 0 Å². The lowest BCUT2D eigenvalue weighted by atomic mass is 10.2. The first-order valence-electron chi connectivity index (χ1n) is 4.90. The van der Waals surface area contributed by atoms with Crippen molar-refractivity contribution in [1.29, 1.82) is 0 Å². The molecule has 1 aromatic heterocycles. The standard InChI is InChI=1S/C11H9F3N2O/c12-9-4-11(14)10(13)3-7(9)5-15-6-8-1-2-16-17-8/h1-4,15H,5-6H2. The predicted octanol–water partition coefficient (Wildman–Crippen LogP) is 2.38. The van der Waals surface area contributed by atoms with Crippen LogP contribution in [0.15, 0.2) is 28.9 Å². The van der Waals surface area contributed by atoms with Gasteiger partial charge in [-0.3, -0.25) is 0 Å². The van der Waals surface area contributed by atoms with Gasteiger partial charge in [0.1, 0.15) is 11.6 Å². The summed E-state index contributed by atoms with van der Waals surface area (Å²) in [5.74, 6) is -2.47. The largest absolute Gasteiger partial charge is 0.360 e. The lowest BCUT2D eigenvalue weighted by Crippen LogP contribution is -2.13. The van der Waals surface area contributed by atoms with E-state index < -0.39 is 17.5 Å². The summed E-state index contributed by atoms with van der Waals surface area (Å²) in [5, 5.41) is 6.32. The minimum Gasteiger partial charge on any atom is -0.360 e. The van der Waals surface area contributed by atoms with Crippen molar-refractivity contribution in [3.8, 4) is 0 Å². The lowest BCUT2D eigenvalue weighted by molar-refractivity contribution is 0.372. The monoisotopic (exact) mass is 242 g/mol. The summed E-state index contributed by atoms with van der Waals surface area (Å²) in [5.41, 5.74) is 0.0587. The number of benzene rings is 1. The van der Waals surface area contributed by atoms with Crippen molar-refractivity contribution in [3.63, 3.8) is 0 Å². The zero-order chi connectivity index (χ0) is 12.3. The maximum absolute atomic E-state index is 13.2. The summed E-state index contributed by atoms with van der Waals surface area (Å²) in [6.45, 7) is 0.405. The van der Waals surface area contributed by atoms with Crippen molar-refractivity contribution in [3.05, 3.63) is 53.2 Å². The van der Waals surface area contributed by atoms with Crippen molar-refractivity contribution in [2.45, 2.75) is 13.1 Å². The zero-order valence-electron chi connectivity index (χ0n) is 8.71. The van der Waals surface area contributed by atoms with Crippen LogP contribution in [0.5, 0.6) is 0 Å². The second-order valence-electron chi connectivity index (χ2n) is 3.44. The van der Waals surface area contributed by atoms with Gasteiger partial charge in [0.2, 0.25) is 0 Å². The predicted molar refractivity (Wildman–Crippen MR) is 53.4 cm³/mol. The SMILES string of the molecule is Fc1cc(F)c(CNCc2ccno2)cc1F. The van der Waals surface area contributed by atoms with Crippen LogP contribution in [-0.2, 0) is 13.1 Å². The maximum atomic E-state index is 13.2. The molecule has 0 unspecified atom stereocenters. The molecule has 0 aliphatic rings. The van der Waals surface area contributed by atoms with E-state index in [1.54, 1.807) is 6.07 Å². The molecule has 0 bridgehead atoms. The van der Waals surface area contributed by atoms with Crippen molar-refractivity contribution < 1.29 is 17.7 Å². The fourth-order valence-corrected chi connectivity index (χ4v) is 1.35. The van der Waals surface area contributed by atoms with Gasteiger partial charge in [-0.2, -0.15) is 0 Å². The van der Waals surface area contributed by atoms with E-state index in [9.17, 15) is 13.2 Å². The molecule has 90 valence electrons. The summed E-state index contributed by atoms with van der Waals surface area (Å²) in [6.07, 6.45) is 1.48. The fourth-order valence-electron chi connectivity index (χ4n) is 1.35. The van der Waals surface area contributed by atoms with E-state index in [-0.39, 0.29) is 12.1 Å². The van der Waals surface area contributed by atoms with Crippen molar-refractivity contribution in [2.75, 3.05) is 0 Å². The lowest BCUT2D eigenvalue weighted by Gasteiger charge is -2.05. The van der Waals surface area contributed by atoms with Crippen LogP contribution >= 0.6 is 0 Å². The summed E-state index contributed by atoms with van der Waals surface area (Å²) >= 11 is 0. The van der Waals surface area contributed by atoms with Gasteiger partial charge in [0, 0.05) is 24.2 Å². The average Bonchev–Trinajstić information content (AvgIpc) is 2.78. The average molecular weight is 242 g/mol. The highest BCUT2D eigenvalue weighted by Crippen LogP contribution is 2.13. The summed E-state index contributed by atoms with van der Waals surface area (Å²) < 4.78 is 43.5. The summed E-state index contributed by atoms with van der Waals surface area (Å²) in [4.78, 5) is 0. The Kier molecular flexibility index (Phi) is 3.43. The fraction of sp³-hybridized carbons (Fsp3) is 0.182. The van der Waals surface area contributed by atoms with Crippen LogP contribution in [0.4, 0.5) is 13.2 Å². The van der Waals surface area contributed by atoms with Crippen LogP contribution < -0.4 is 5.32 Å². The third-order valence-corrected chi connectivity index (χ3v) is 2.20. The number of nitrogens with zero attached hydrogens (tertiary/aromatic N) is 1. The first kappa shape index (κ1) is 11.7. The van der Waals surface area contributed by atoms with Gasteiger partial charge in [0.05, 0.1) is 12.7 Å². The molecular formula is C11H9F3N2O. The minimum atomic E-state index is -1.19. The van der Waals surface area contributed by atoms with Crippen LogP contribution in [0.25, 0.3) is 0 Å². The zero-order valence-corrected chi connectivity index (χ0v) is 8.71. The summed E-state index contributed by atoms with van der Waals surface area (Å²) in [6, 6.07) is 3.01. The van der Waals surface area contributed by atoms with Crippen LogP contribution in [0, 0.1) is 17.5 Å². The number of rotatable bonds is 4. The quantitative estimate of drug-likeness (QED) is 0.836. The van der Waals surface area contributed by atoms with E-state index in [0.29, 0.717) is 18.4 Å². The van der Waals surface area contributed by atoms with Crippen molar-refractivity contribution in [1.82, 2.24) is 10.5 Å². The Morgan fingerprint density at radius 2 is 1.82 bits per heavy atom. The third-order valence-electron chi connectivity index (χ3n) is 2.20. The van der Waals surface area contributed by atoms with Crippen LogP contribution in [0.1, 0.15) is 11.3 Å². The molecule has 0 radical (unpaired) electrons. The number of nitrogens with one attached hydrogen (secondary N) is 1. The van der Waals surface area contributed by atoms with Crippen LogP contribution in [-0.4, -0.2) is 5.16 Å². The van der Waals surface area contributed by atoms with E-state index in [2.05, 4.69) is 10.5 Å². The molecule has 1 N–H and O–H groups in total. The van der Waals surface area contributed by atoms with Crippen LogP contribution in [0.2, 0.25) is 0 Å². The third kappa shape index (κ3) is 2.85.